The summed E-state index contributed by atoms with van der Waals surface area (Å²) in [4.78, 5) is 28.2. The minimum Gasteiger partial charge on any atom is -0.450 e. The molecule has 1 saturated heterocycles. The van der Waals surface area contributed by atoms with Gasteiger partial charge in [-0.3, -0.25) is 9.59 Å². The zero-order valence-electron chi connectivity index (χ0n) is 15.3. The minimum absolute atomic E-state index is 0.0622. The average Bonchev–Trinajstić information content (AvgIpc) is 3.29. The molecule has 1 aliphatic heterocycles. The molecule has 6 nitrogen and oxygen atoms in total. The molecule has 3 heterocycles. The maximum absolute atomic E-state index is 13.3. The molecular weight excluding hydrogens is 398 g/mol. The summed E-state index contributed by atoms with van der Waals surface area (Å²) in [6.07, 6.45) is 0.385. The highest BCUT2D eigenvalue weighted by Crippen LogP contribution is 2.25. The Labute approximate surface area is 166 Å². The zero-order valence-corrected chi connectivity index (χ0v) is 16.9. The summed E-state index contributed by atoms with van der Waals surface area (Å²) in [5.41, 5.74) is 0.856. The molecule has 0 aliphatic carbocycles. The number of aryl methyl sites for hydroxylation is 1. The van der Waals surface area contributed by atoms with E-state index in [1.54, 1.807) is 12.1 Å². The number of hydrogen-bond acceptors (Lipinski definition) is 6. The van der Waals surface area contributed by atoms with Crippen LogP contribution in [-0.2, 0) is 16.4 Å². The van der Waals surface area contributed by atoms with Gasteiger partial charge in [-0.2, -0.15) is 0 Å². The van der Waals surface area contributed by atoms with Gasteiger partial charge in [0.1, 0.15) is 5.58 Å². The van der Waals surface area contributed by atoms with Crippen molar-refractivity contribution in [2.75, 3.05) is 11.5 Å². The fourth-order valence-corrected chi connectivity index (χ4v) is 5.96. The molecule has 146 valence electrons. The lowest BCUT2D eigenvalue weighted by molar-refractivity contribution is 0.0651. The van der Waals surface area contributed by atoms with E-state index in [2.05, 4.69) is 0 Å². The van der Waals surface area contributed by atoms with Crippen LogP contribution in [0.15, 0.2) is 51.0 Å². The Hall–Kier alpha value is -2.45. The Kier molecular flexibility index (Phi) is 4.84. The lowest BCUT2D eigenvalue weighted by atomic mass is 10.1. The van der Waals surface area contributed by atoms with Crippen molar-refractivity contribution in [3.63, 3.8) is 0 Å². The molecule has 0 saturated carbocycles. The minimum atomic E-state index is -3.17. The number of rotatable bonds is 4. The van der Waals surface area contributed by atoms with Gasteiger partial charge in [-0.1, -0.05) is 18.2 Å². The van der Waals surface area contributed by atoms with Gasteiger partial charge in [-0.25, -0.2) is 8.42 Å². The molecule has 0 spiro atoms. The van der Waals surface area contributed by atoms with Crippen molar-refractivity contribution in [3.8, 4) is 0 Å². The molecule has 3 aromatic rings. The van der Waals surface area contributed by atoms with E-state index in [0.29, 0.717) is 17.4 Å². The molecule has 0 radical (unpaired) electrons. The van der Waals surface area contributed by atoms with Crippen LogP contribution in [-0.4, -0.2) is 36.8 Å². The van der Waals surface area contributed by atoms with Crippen LogP contribution in [0.3, 0.4) is 0 Å². The number of amides is 1. The molecule has 0 unspecified atom stereocenters. The summed E-state index contributed by atoms with van der Waals surface area (Å²) in [6, 6.07) is 9.79. The maximum atomic E-state index is 13.3. The first-order valence-electron chi connectivity index (χ1n) is 8.91. The van der Waals surface area contributed by atoms with Crippen molar-refractivity contribution < 1.29 is 17.6 Å². The van der Waals surface area contributed by atoms with Gasteiger partial charge < -0.3 is 9.32 Å². The number of carbonyl (C=O) groups is 1. The van der Waals surface area contributed by atoms with Gasteiger partial charge in [0.15, 0.2) is 21.0 Å². The number of carbonyl (C=O) groups excluding carboxylic acids is 1. The van der Waals surface area contributed by atoms with Crippen molar-refractivity contribution in [3.05, 3.63) is 68.2 Å². The third-order valence-corrected chi connectivity index (χ3v) is 7.59. The lowest BCUT2D eigenvalue weighted by Gasteiger charge is -2.27. The topological polar surface area (TPSA) is 84.7 Å². The number of para-hydroxylation sites is 1. The Bertz CT molecular complexity index is 1200. The Morgan fingerprint density at radius 3 is 2.79 bits per heavy atom. The number of nitrogens with zero attached hydrogens (tertiary/aromatic N) is 1. The molecule has 1 aromatic carbocycles. The summed E-state index contributed by atoms with van der Waals surface area (Å²) in [6.45, 7) is 2.10. The third kappa shape index (κ3) is 3.62. The number of sulfone groups is 1. The highest BCUT2D eigenvalue weighted by Gasteiger charge is 2.36. The van der Waals surface area contributed by atoms with E-state index in [1.807, 2.05) is 30.5 Å². The van der Waals surface area contributed by atoms with Crippen molar-refractivity contribution in [1.82, 2.24) is 4.90 Å². The zero-order chi connectivity index (χ0) is 19.9. The smallest absolute Gasteiger partial charge is 0.290 e. The van der Waals surface area contributed by atoms with E-state index in [1.165, 1.54) is 22.3 Å². The fourth-order valence-electron chi connectivity index (χ4n) is 3.52. The molecule has 2 aromatic heterocycles. The first kappa shape index (κ1) is 18.9. The lowest BCUT2D eigenvalue weighted by Crippen LogP contribution is -2.40. The van der Waals surface area contributed by atoms with Crippen LogP contribution in [0.1, 0.15) is 27.4 Å². The van der Waals surface area contributed by atoms with Crippen LogP contribution in [0.5, 0.6) is 0 Å². The van der Waals surface area contributed by atoms with Crippen LogP contribution < -0.4 is 5.43 Å². The number of hydrogen-bond donors (Lipinski definition) is 0. The van der Waals surface area contributed by atoms with Crippen molar-refractivity contribution in [2.45, 2.75) is 25.9 Å². The highest BCUT2D eigenvalue weighted by molar-refractivity contribution is 7.91. The van der Waals surface area contributed by atoms with Crippen LogP contribution in [0.25, 0.3) is 11.0 Å². The molecular formula is C20H19NO5S2. The quantitative estimate of drug-likeness (QED) is 0.652. The molecule has 1 aliphatic rings. The van der Waals surface area contributed by atoms with Crippen LogP contribution in [0.4, 0.5) is 0 Å². The molecule has 8 heteroatoms. The van der Waals surface area contributed by atoms with Crippen LogP contribution >= 0.6 is 11.3 Å². The second-order valence-corrected chi connectivity index (χ2v) is 10.3. The Balaban J connectivity index is 1.76. The molecule has 4 rings (SSSR count). The van der Waals surface area contributed by atoms with Crippen molar-refractivity contribution >= 4 is 38.1 Å². The first-order chi connectivity index (χ1) is 13.3. The Morgan fingerprint density at radius 2 is 2.11 bits per heavy atom. The molecule has 1 amide bonds. The predicted molar refractivity (Wildman–Crippen MR) is 108 cm³/mol. The van der Waals surface area contributed by atoms with E-state index in [-0.39, 0.29) is 29.2 Å². The van der Waals surface area contributed by atoms with Gasteiger partial charge in [-0.05, 0) is 36.4 Å². The summed E-state index contributed by atoms with van der Waals surface area (Å²) < 4.78 is 29.8. The van der Waals surface area contributed by atoms with E-state index < -0.39 is 21.8 Å². The van der Waals surface area contributed by atoms with Crippen molar-refractivity contribution in [2.24, 2.45) is 0 Å². The normalized spacial score (nSPS) is 18.4. The van der Waals surface area contributed by atoms with E-state index in [9.17, 15) is 18.0 Å². The fraction of sp³-hybridized carbons (Fsp3) is 0.300. The molecule has 1 fully saturated rings. The van der Waals surface area contributed by atoms with Gasteiger partial charge in [0.2, 0.25) is 0 Å². The second-order valence-electron chi connectivity index (χ2n) is 7.00. The van der Waals surface area contributed by atoms with Gasteiger partial charge in [0, 0.05) is 17.0 Å². The number of benzene rings is 1. The SMILES string of the molecule is Cc1cccc2c(=O)cc(C(=O)N(Cc3cccs3)[C@H]3CCS(=O)(=O)C3)oc12. The van der Waals surface area contributed by atoms with Gasteiger partial charge in [-0.15, -0.1) is 11.3 Å². The highest BCUT2D eigenvalue weighted by atomic mass is 32.2. The van der Waals surface area contributed by atoms with Crippen LogP contribution in [0, 0.1) is 6.92 Å². The number of thiophene rings is 1. The molecule has 1 atom stereocenters. The van der Waals surface area contributed by atoms with E-state index in [4.69, 9.17) is 4.42 Å². The second kappa shape index (κ2) is 7.18. The number of fused-ring (bicyclic) bond motifs is 1. The summed E-state index contributed by atoms with van der Waals surface area (Å²) in [5, 5.41) is 2.33. The summed E-state index contributed by atoms with van der Waals surface area (Å²) in [7, 11) is -3.17. The monoisotopic (exact) mass is 417 g/mol. The van der Waals surface area contributed by atoms with Gasteiger partial charge in [0.05, 0.1) is 23.4 Å². The van der Waals surface area contributed by atoms with Gasteiger partial charge in [0.25, 0.3) is 5.91 Å². The molecule has 0 bridgehead atoms. The third-order valence-electron chi connectivity index (χ3n) is 4.98. The standard InChI is InChI=1S/C20H19NO5S2/c1-13-4-2-6-16-17(22)10-18(26-19(13)16)20(23)21(11-15-5-3-8-27-15)14-7-9-28(24,25)12-14/h2-6,8,10,14H,7,9,11-12H2,1H3/t14-/m0/s1. The van der Waals surface area contributed by atoms with E-state index in [0.717, 1.165) is 10.4 Å². The van der Waals surface area contributed by atoms with Crippen LogP contribution in [0.2, 0.25) is 0 Å². The largest absolute Gasteiger partial charge is 0.450 e. The maximum Gasteiger partial charge on any atom is 0.290 e. The first-order valence-corrected chi connectivity index (χ1v) is 11.6. The van der Waals surface area contributed by atoms with Gasteiger partial charge >= 0.3 is 0 Å². The molecule has 28 heavy (non-hydrogen) atoms. The molecule has 0 N–H and O–H groups in total. The van der Waals surface area contributed by atoms with E-state index >= 15 is 0 Å². The van der Waals surface area contributed by atoms with Crippen molar-refractivity contribution in [1.29, 1.82) is 0 Å². The summed E-state index contributed by atoms with van der Waals surface area (Å²) >= 11 is 1.50. The predicted octanol–water partition coefficient (Wildman–Crippen LogP) is 2.99. The Morgan fingerprint density at radius 1 is 1.29 bits per heavy atom. The summed E-state index contributed by atoms with van der Waals surface area (Å²) in [5.74, 6) is -0.529. The average molecular weight is 418 g/mol.